The largest absolute Gasteiger partial charge is 0.341 e. The predicted octanol–water partition coefficient (Wildman–Crippen LogP) is 1.53. The van der Waals surface area contributed by atoms with Crippen LogP contribution in [-0.4, -0.2) is 36.0 Å². The molecule has 0 bridgehead atoms. The van der Waals surface area contributed by atoms with Crippen LogP contribution in [0.1, 0.15) is 45.4 Å². The number of carbonyl (C=O) groups excluding carboxylic acids is 1. The Morgan fingerprint density at radius 3 is 2.53 bits per heavy atom. The van der Waals surface area contributed by atoms with Gasteiger partial charge in [-0.05, 0) is 39.2 Å². The molecule has 0 spiro atoms. The molecular weight excluding hydrogens is 188 g/mol. The lowest BCUT2D eigenvalue weighted by atomic mass is 9.97. The van der Waals surface area contributed by atoms with Gasteiger partial charge in [0.15, 0.2) is 0 Å². The van der Waals surface area contributed by atoms with E-state index in [2.05, 4.69) is 5.32 Å². The van der Waals surface area contributed by atoms with E-state index in [1.807, 2.05) is 18.9 Å². The number of nitrogens with zero attached hydrogens (tertiary/aromatic N) is 1. The summed E-state index contributed by atoms with van der Waals surface area (Å²) in [6.45, 7) is 3.04. The Morgan fingerprint density at radius 2 is 2.00 bits per heavy atom. The molecule has 15 heavy (non-hydrogen) atoms. The zero-order chi connectivity index (χ0) is 10.9. The van der Waals surface area contributed by atoms with E-state index in [1.165, 1.54) is 25.7 Å². The van der Waals surface area contributed by atoms with Gasteiger partial charge in [-0.15, -0.1) is 0 Å². The monoisotopic (exact) mass is 210 g/mol. The Kier molecular flexibility index (Phi) is 3.01. The maximum absolute atomic E-state index is 12.3. The summed E-state index contributed by atoms with van der Waals surface area (Å²) < 4.78 is 0. The molecule has 0 aromatic carbocycles. The standard InChI is InChI=1S/C12H22N2O/c1-12(8-5-9-13-12)11(15)14(2)10-6-3-4-7-10/h10,13H,3-9H2,1-2H3. The van der Waals surface area contributed by atoms with Crippen molar-refractivity contribution in [3.8, 4) is 0 Å². The van der Waals surface area contributed by atoms with Crippen LogP contribution in [0, 0.1) is 0 Å². The number of amides is 1. The van der Waals surface area contributed by atoms with Gasteiger partial charge in [0.1, 0.15) is 0 Å². The lowest BCUT2D eigenvalue weighted by molar-refractivity contribution is -0.137. The van der Waals surface area contributed by atoms with E-state index < -0.39 is 0 Å². The van der Waals surface area contributed by atoms with Crippen LogP contribution in [-0.2, 0) is 4.79 Å². The van der Waals surface area contributed by atoms with E-state index in [1.54, 1.807) is 0 Å². The molecular formula is C12H22N2O. The zero-order valence-electron chi connectivity index (χ0n) is 9.88. The van der Waals surface area contributed by atoms with Crippen molar-refractivity contribution in [2.75, 3.05) is 13.6 Å². The minimum atomic E-state index is -0.280. The second kappa shape index (κ2) is 4.12. The smallest absolute Gasteiger partial charge is 0.242 e. The minimum absolute atomic E-state index is 0.280. The van der Waals surface area contributed by atoms with Gasteiger partial charge >= 0.3 is 0 Å². The van der Waals surface area contributed by atoms with Crippen LogP contribution >= 0.6 is 0 Å². The van der Waals surface area contributed by atoms with E-state index in [0.29, 0.717) is 11.9 Å². The highest BCUT2D eigenvalue weighted by Gasteiger charge is 2.39. The summed E-state index contributed by atoms with van der Waals surface area (Å²) in [5.41, 5.74) is -0.280. The summed E-state index contributed by atoms with van der Waals surface area (Å²) in [6, 6.07) is 0.497. The Hall–Kier alpha value is -0.570. The van der Waals surface area contributed by atoms with Gasteiger partial charge in [0.2, 0.25) is 5.91 Å². The third kappa shape index (κ3) is 2.03. The SMILES string of the molecule is CN(C(=O)C1(C)CCCN1)C1CCCC1. The first kappa shape index (κ1) is 10.9. The van der Waals surface area contributed by atoms with Crippen LogP contribution in [0.5, 0.6) is 0 Å². The summed E-state index contributed by atoms with van der Waals surface area (Å²) in [6.07, 6.45) is 7.07. The quantitative estimate of drug-likeness (QED) is 0.749. The molecule has 2 fully saturated rings. The van der Waals surface area contributed by atoms with Crippen molar-refractivity contribution in [3.05, 3.63) is 0 Å². The number of nitrogens with one attached hydrogen (secondary N) is 1. The predicted molar refractivity (Wildman–Crippen MR) is 60.7 cm³/mol. The Labute approximate surface area is 92.2 Å². The number of likely N-dealkylation sites (N-methyl/N-ethyl adjacent to an activating group) is 1. The van der Waals surface area contributed by atoms with E-state index in [9.17, 15) is 4.79 Å². The minimum Gasteiger partial charge on any atom is -0.341 e. The molecule has 1 saturated heterocycles. The second-order valence-electron chi connectivity index (χ2n) is 5.22. The molecule has 2 rings (SSSR count). The highest BCUT2D eigenvalue weighted by molar-refractivity contribution is 5.86. The van der Waals surface area contributed by atoms with Crippen LogP contribution in [0.2, 0.25) is 0 Å². The number of rotatable bonds is 2. The second-order valence-corrected chi connectivity index (χ2v) is 5.22. The molecule has 86 valence electrons. The van der Waals surface area contributed by atoms with Crippen LogP contribution in [0.15, 0.2) is 0 Å². The highest BCUT2D eigenvalue weighted by Crippen LogP contribution is 2.27. The van der Waals surface area contributed by atoms with E-state index >= 15 is 0 Å². The van der Waals surface area contributed by atoms with Crippen molar-refractivity contribution in [3.63, 3.8) is 0 Å². The molecule has 1 aliphatic heterocycles. The first-order chi connectivity index (χ1) is 7.13. The molecule has 0 radical (unpaired) electrons. The molecule has 3 nitrogen and oxygen atoms in total. The van der Waals surface area contributed by atoms with Gasteiger partial charge in [-0.3, -0.25) is 4.79 Å². The molecule has 1 amide bonds. The lowest BCUT2D eigenvalue weighted by Crippen LogP contribution is -2.53. The van der Waals surface area contributed by atoms with Crippen LogP contribution in [0.25, 0.3) is 0 Å². The van der Waals surface area contributed by atoms with Crippen molar-refractivity contribution in [2.45, 2.75) is 57.0 Å². The van der Waals surface area contributed by atoms with Gasteiger partial charge in [-0.2, -0.15) is 0 Å². The lowest BCUT2D eigenvalue weighted by Gasteiger charge is -2.33. The van der Waals surface area contributed by atoms with Gasteiger partial charge in [0, 0.05) is 13.1 Å². The molecule has 1 atom stereocenters. The fourth-order valence-electron chi connectivity index (χ4n) is 2.92. The molecule has 0 aromatic heterocycles. The first-order valence-corrected chi connectivity index (χ1v) is 6.16. The van der Waals surface area contributed by atoms with Gasteiger partial charge in [-0.25, -0.2) is 0 Å². The molecule has 1 N–H and O–H groups in total. The molecule has 1 saturated carbocycles. The van der Waals surface area contributed by atoms with Crippen LogP contribution in [0.4, 0.5) is 0 Å². The zero-order valence-corrected chi connectivity index (χ0v) is 9.88. The van der Waals surface area contributed by atoms with E-state index in [0.717, 1.165) is 19.4 Å². The Balaban J connectivity index is 1.99. The van der Waals surface area contributed by atoms with E-state index in [-0.39, 0.29) is 5.54 Å². The topological polar surface area (TPSA) is 32.3 Å². The van der Waals surface area contributed by atoms with Gasteiger partial charge in [-0.1, -0.05) is 12.8 Å². The molecule has 1 aliphatic carbocycles. The van der Waals surface area contributed by atoms with Crippen molar-refractivity contribution in [2.24, 2.45) is 0 Å². The number of hydrogen-bond acceptors (Lipinski definition) is 2. The maximum atomic E-state index is 12.3. The summed E-state index contributed by atoms with van der Waals surface area (Å²) in [5, 5.41) is 3.35. The first-order valence-electron chi connectivity index (χ1n) is 6.16. The molecule has 3 heteroatoms. The number of hydrogen-bond donors (Lipinski definition) is 1. The van der Waals surface area contributed by atoms with Crippen molar-refractivity contribution in [1.82, 2.24) is 10.2 Å². The normalized spacial score (nSPS) is 32.1. The van der Waals surface area contributed by atoms with Crippen LogP contribution < -0.4 is 5.32 Å². The van der Waals surface area contributed by atoms with Gasteiger partial charge in [0.25, 0.3) is 0 Å². The highest BCUT2D eigenvalue weighted by atomic mass is 16.2. The van der Waals surface area contributed by atoms with Gasteiger partial charge < -0.3 is 10.2 Å². The van der Waals surface area contributed by atoms with Gasteiger partial charge in [0.05, 0.1) is 5.54 Å². The molecule has 0 aromatic rings. The average Bonchev–Trinajstić information content (AvgIpc) is 2.86. The maximum Gasteiger partial charge on any atom is 0.242 e. The Bertz CT molecular complexity index is 240. The summed E-state index contributed by atoms with van der Waals surface area (Å²) in [7, 11) is 1.98. The third-order valence-electron chi connectivity index (χ3n) is 4.03. The van der Waals surface area contributed by atoms with E-state index in [4.69, 9.17) is 0 Å². The third-order valence-corrected chi connectivity index (χ3v) is 4.03. The molecule has 2 aliphatic rings. The summed E-state index contributed by atoms with van der Waals surface area (Å²) >= 11 is 0. The fraction of sp³-hybridized carbons (Fsp3) is 0.917. The molecule has 1 unspecified atom stereocenters. The van der Waals surface area contributed by atoms with Crippen molar-refractivity contribution in [1.29, 1.82) is 0 Å². The van der Waals surface area contributed by atoms with Crippen molar-refractivity contribution < 1.29 is 4.79 Å². The molecule has 1 heterocycles. The Morgan fingerprint density at radius 1 is 1.33 bits per heavy atom. The van der Waals surface area contributed by atoms with Crippen LogP contribution in [0.3, 0.4) is 0 Å². The average molecular weight is 210 g/mol. The summed E-state index contributed by atoms with van der Waals surface area (Å²) in [4.78, 5) is 14.3. The fourth-order valence-corrected chi connectivity index (χ4v) is 2.92. The summed E-state index contributed by atoms with van der Waals surface area (Å²) in [5.74, 6) is 0.298. The number of carbonyl (C=O) groups is 1. The van der Waals surface area contributed by atoms with Crippen molar-refractivity contribution >= 4 is 5.91 Å².